The Hall–Kier alpha value is -2.04. The molecule has 0 aliphatic heterocycles. The van der Waals surface area contributed by atoms with Crippen molar-refractivity contribution in [1.82, 2.24) is 10.6 Å². The molecule has 0 bridgehead atoms. The zero-order chi connectivity index (χ0) is 18.5. The van der Waals surface area contributed by atoms with E-state index >= 15 is 0 Å². The molecule has 0 spiro atoms. The van der Waals surface area contributed by atoms with Crippen LogP contribution in [0.2, 0.25) is 0 Å². The minimum atomic E-state index is -0.693. The average molecular weight is 334 g/mol. The molecule has 5 heteroatoms. The number of rotatable bonds is 4. The molecule has 0 heterocycles. The third-order valence-electron chi connectivity index (χ3n) is 3.07. The molecule has 134 valence electrons. The summed E-state index contributed by atoms with van der Waals surface area (Å²) in [5.74, 6) is -0.228. The summed E-state index contributed by atoms with van der Waals surface area (Å²) in [6.45, 7) is 13.1. The Morgan fingerprint density at radius 2 is 1.58 bits per heavy atom. The second-order valence-electron chi connectivity index (χ2n) is 8.13. The van der Waals surface area contributed by atoms with Gasteiger partial charge in [0.25, 0.3) is 0 Å². The van der Waals surface area contributed by atoms with Crippen molar-refractivity contribution in [2.75, 3.05) is 0 Å². The van der Waals surface area contributed by atoms with Crippen LogP contribution in [0, 0.1) is 6.92 Å². The van der Waals surface area contributed by atoms with E-state index in [-0.39, 0.29) is 11.4 Å². The zero-order valence-electron chi connectivity index (χ0n) is 15.8. The zero-order valence-corrected chi connectivity index (χ0v) is 15.8. The van der Waals surface area contributed by atoms with Crippen LogP contribution in [0.5, 0.6) is 0 Å². The maximum atomic E-state index is 12.5. The second kappa shape index (κ2) is 7.69. The summed E-state index contributed by atoms with van der Waals surface area (Å²) in [6, 6.07) is 7.21. The Labute approximate surface area is 145 Å². The lowest BCUT2D eigenvalue weighted by molar-refractivity contribution is -0.124. The highest BCUT2D eigenvalue weighted by atomic mass is 16.6. The minimum Gasteiger partial charge on any atom is -0.444 e. The molecule has 5 nitrogen and oxygen atoms in total. The lowest BCUT2D eigenvalue weighted by Crippen LogP contribution is -2.53. The first kappa shape index (κ1) is 20.0. The van der Waals surface area contributed by atoms with Crippen molar-refractivity contribution >= 4 is 12.0 Å². The van der Waals surface area contributed by atoms with Crippen molar-refractivity contribution in [1.29, 1.82) is 0 Å². The van der Waals surface area contributed by atoms with Gasteiger partial charge in [-0.25, -0.2) is 4.79 Å². The fraction of sp³-hybridized carbons (Fsp3) is 0.579. The smallest absolute Gasteiger partial charge is 0.408 e. The first-order valence-corrected chi connectivity index (χ1v) is 8.23. The molecule has 0 fully saturated rings. The van der Waals surface area contributed by atoms with Crippen molar-refractivity contribution in [3.63, 3.8) is 0 Å². The summed E-state index contributed by atoms with van der Waals surface area (Å²) in [6.07, 6.45) is -0.190. The van der Waals surface area contributed by atoms with Crippen LogP contribution in [0.3, 0.4) is 0 Å². The van der Waals surface area contributed by atoms with Gasteiger partial charge in [-0.1, -0.05) is 29.8 Å². The van der Waals surface area contributed by atoms with Crippen LogP contribution in [-0.4, -0.2) is 29.2 Å². The number of hydrogen-bond acceptors (Lipinski definition) is 3. The van der Waals surface area contributed by atoms with E-state index in [0.717, 1.165) is 11.1 Å². The highest BCUT2D eigenvalue weighted by Gasteiger charge is 2.27. The van der Waals surface area contributed by atoms with E-state index in [1.165, 1.54) is 0 Å². The maximum Gasteiger partial charge on any atom is 0.408 e. The van der Waals surface area contributed by atoms with E-state index in [2.05, 4.69) is 10.6 Å². The highest BCUT2D eigenvalue weighted by Crippen LogP contribution is 2.10. The van der Waals surface area contributed by atoms with Crippen LogP contribution in [0.4, 0.5) is 4.79 Å². The van der Waals surface area contributed by atoms with Crippen molar-refractivity contribution in [3.8, 4) is 0 Å². The number of carbonyl (C=O) groups excluding carboxylic acids is 2. The van der Waals surface area contributed by atoms with Crippen LogP contribution in [0.1, 0.15) is 52.7 Å². The topological polar surface area (TPSA) is 67.4 Å². The standard InChI is InChI=1S/C19H30N2O3/c1-13-8-10-14(11-9-13)12-15(16(22)21-18(2,3)4)20-17(23)24-19(5,6)7/h8-11,15H,12H2,1-7H3,(H,20,23)(H,21,22)/t15-/m0/s1. The molecular weight excluding hydrogens is 304 g/mol. The summed E-state index contributed by atoms with van der Waals surface area (Å²) in [5.41, 5.74) is 1.14. The van der Waals surface area contributed by atoms with Crippen LogP contribution in [0.15, 0.2) is 24.3 Å². The molecule has 0 aliphatic rings. The molecule has 0 radical (unpaired) electrons. The molecule has 0 unspecified atom stereocenters. The van der Waals surface area contributed by atoms with Crippen molar-refractivity contribution in [2.24, 2.45) is 0 Å². The summed E-state index contributed by atoms with van der Waals surface area (Å²) in [4.78, 5) is 24.6. The molecule has 2 N–H and O–H groups in total. The highest BCUT2D eigenvalue weighted by molar-refractivity contribution is 5.86. The predicted octanol–water partition coefficient (Wildman–Crippen LogP) is 3.35. The van der Waals surface area contributed by atoms with E-state index in [1.54, 1.807) is 20.8 Å². The molecule has 0 aliphatic carbocycles. The number of benzene rings is 1. The lowest BCUT2D eigenvalue weighted by atomic mass is 10.0. The molecule has 0 aromatic heterocycles. The van der Waals surface area contributed by atoms with Crippen molar-refractivity contribution in [2.45, 2.75) is 72.1 Å². The summed E-state index contributed by atoms with van der Waals surface area (Å²) < 4.78 is 5.28. The van der Waals surface area contributed by atoms with E-state index in [1.807, 2.05) is 52.0 Å². The van der Waals surface area contributed by atoms with Gasteiger partial charge in [0, 0.05) is 12.0 Å². The average Bonchev–Trinajstić information content (AvgIpc) is 2.36. The molecule has 2 amide bonds. The van der Waals surface area contributed by atoms with Crippen LogP contribution < -0.4 is 10.6 Å². The Morgan fingerprint density at radius 3 is 2.04 bits per heavy atom. The quantitative estimate of drug-likeness (QED) is 0.887. The van der Waals surface area contributed by atoms with Gasteiger partial charge < -0.3 is 15.4 Å². The Balaban J connectivity index is 2.88. The fourth-order valence-corrected chi connectivity index (χ4v) is 2.08. The van der Waals surface area contributed by atoms with Gasteiger partial charge in [-0.3, -0.25) is 4.79 Å². The van der Waals surface area contributed by atoms with E-state index in [4.69, 9.17) is 4.74 Å². The second-order valence-corrected chi connectivity index (χ2v) is 8.13. The Morgan fingerprint density at radius 1 is 1.04 bits per heavy atom. The van der Waals surface area contributed by atoms with Crippen molar-refractivity contribution in [3.05, 3.63) is 35.4 Å². The summed E-state index contributed by atoms with van der Waals surface area (Å²) in [7, 11) is 0. The Kier molecular flexibility index (Phi) is 6.41. The molecule has 24 heavy (non-hydrogen) atoms. The van der Waals surface area contributed by atoms with Gasteiger partial charge in [0.1, 0.15) is 11.6 Å². The van der Waals surface area contributed by atoms with Gasteiger partial charge in [0.2, 0.25) is 5.91 Å². The maximum absolute atomic E-state index is 12.5. The SMILES string of the molecule is Cc1ccc(C[C@H](NC(=O)OC(C)(C)C)C(=O)NC(C)(C)C)cc1. The van der Waals surface area contributed by atoms with E-state index < -0.39 is 17.7 Å². The van der Waals surface area contributed by atoms with Crippen LogP contribution in [-0.2, 0) is 16.0 Å². The monoisotopic (exact) mass is 334 g/mol. The Bertz CT molecular complexity index is 566. The summed E-state index contributed by atoms with van der Waals surface area (Å²) >= 11 is 0. The third kappa shape index (κ3) is 7.99. The van der Waals surface area contributed by atoms with Gasteiger partial charge in [0.05, 0.1) is 0 Å². The predicted molar refractivity (Wildman–Crippen MR) is 95.9 cm³/mol. The molecule has 1 rings (SSSR count). The molecular formula is C19H30N2O3. The minimum absolute atomic E-state index is 0.228. The van der Waals surface area contributed by atoms with Gasteiger partial charge in [-0.15, -0.1) is 0 Å². The van der Waals surface area contributed by atoms with Crippen molar-refractivity contribution < 1.29 is 14.3 Å². The first-order chi connectivity index (χ1) is 10.9. The molecule has 1 aromatic rings. The van der Waals surface area contributed by atoms with Gasteiger partial charge in [0.15, 0.2) is 0 Å². The number of alkyl carbamates (subject to hydrolysis) is 1. The van der Waals surface area contributed by atoms with Crippen LogP contribution in [0.25, 0.3) is 0 Å². The molecule has 0 saturated heterocycles. The van der Waals surface area contributed by atoms with E-state index in [0.29, 0.717) is 6.42 Å². The first-order valence-electron chi connectivity index (χ1n) is 8.23. The third-order valence-corrected chi connectivity index (χ3v) is 3.07. The number of carbonyl (C=O) groups is 2. The van der Waals surface area contributed by atoms with Gasteiger partial charge in [-0.05, 0) is 54.0 Å². The number of aryl methyl sites for hydroxylation is 1. The number of nitrogens with one attached hydrogen (secondary N) is 2. The molecule has 0 saturated carbocycles. The van der Waals surface area contributed by atoms with Crippen LogP contribution >= 0.6 is 0 Å². The lowest BCUT2D eigenvalue weighted by Gasteiger charge is -2.27. The molecule has 1 aromatic carbocycles. The number of hydrogen-bond donors (Lipinski definition) is 2. The largest absolute Gasteiger partial charge is 0.444 e. The van der Waals surface area contributed by atoms with Gasteiger partial charge in [-0.2, -0.15) is 0 Å². The fourth-order valence-electron chi connectivity index (χ4n) is 2.08. The number of ether oxygens (including phenoxy) is 1. The summed E-state index contributed by atoms with van der Waals surface area (Å²) in [5, 5.41) is 5.60. The number of amides is 2. The normalized spacial score (nSPS) is 13.1. The van der Waals surface area contributed by atoms with E-state index in [9.17, 15) is 9.59 Å². The van der Waals surface area contributed by atoms with Gasteiger partial charge >= 0.3 is 6.09 Å². The molecule has 1 atom stereocenters.